The summed E-state index contributed by atoms with van der Waals surface area (Å²) in [5.41, 5.74) is 0. The molecule has 0 rings (SSSR count). The van der Waals surface area contributed by atoms with Crippen LogP contribution in [0.3, 0.4) is 0 Å². The summed E-state index contributed by atoms with van der Waals surface area (Å²) in [4.78, 5) is 0. The molecular formula is C15H32N3O3P. The van der Waals surface area contributed by atoms with E-state index in [1.165, 1.54) is 0 Å². The minimum absolute atomic E-state index is 0.0711. The molecule has 0 saturated heterocycles. The normalized spacial score (nSPS) is 15.4. The van der Waals surface area contributed by atoms with Crippen LogP contribution in [0.1, 0.15) is 48.0 Å². The molecule has 7 heteroatoms. The quantitative estimate of drug-likeness (QED) is 0.398. The standard InChI is InChI=1S/C15H32N3O3P/c1-12(2)17-15(10-19)11-21-22(20-9-7-8-16)18(13(3)4)14(5)6/h12-15,17,19H,7,9-11H2,1-6H3/t15-,22?/m0/s1/i19D. The third-order valence-electron chi connectivity index (χ3n) is 2.82. The van der Waals surface area contributed by atoms with E-state index in [1.807, 2.05) is 13.8 Å². The molecule has 0 saturated carbocycles. The number of nitriles is 1. The van der Waals surface area contributed by atoms with Gasteiger partial charge in [0.2, 0.25) is 1.43 Å². The summed E-state index contributed by atoms with van der Waals surface area (Å²) in [5, 5.41) is 16.5. The molecule has 0 aliphatic carbocycles. The lowest BCUT2D eigenvalue weighted by Gasteiger charge is -2.36. The minimum atomic E-state index is -1.26. The van der Waals surface area contributed by atoms with Crippen LogP contribution >= 0.6 is 8.53 Å². The number of aliphatic hydroxyl groups excluding tert-OH is 1. The summed E-state index contributed by atoms with van der Waals surface area (Å²) in [5.74, 6) is 0. The third kappa shape index (κ3) is 8.99. The Bertz CT molecular complexity index is 332. The molecule has 0 amide bonds. The van der Waals surface area contributed by atoms with Crippen molar-refractivity contribution in [1.82, 2.24) is 9.99 Å². The topological polar surface area (TPSA) is 77.8 Å². The molecule has 1 unspecified atom stereocenters. The molecule has 0 bridgehead atoms. The van der Waals surface area contributed by atoms with Crippen molar-refractivity contribution in [3.8, 4) is 6.07 Å². The molecule has 130 valence electrons. The van der Waals surface area contributed by atoms with E-state index < -0.39 is 8.53 Å². The van der Waals surface area contributed by atoms with Crippen molar-refractivity contribution in [3.05, 3.63) is 0 Å². The van der Waals surface area contributed by atoms with Crippen molar-refractivity contribution >= 4 is 8.53 Å². The number of nitrogens with one attached hydrogen (secondary N) is 1. The van der Waals surface area contributed by atoms with E-state index in [2.05, 4.69) is 48.9 Å². The molecule has 0 aromatic heterocycles. The average Bonchev–Trinajstić information content (AvgIpc) is 2.43. The van der Waals surface area contributed by atoms with E-state index in [4.69, 9.17) is 15.7 Å². The van der Waals surface area contributed by atoms with Gasteiger partial charge in [0, 0.05) is 18.1 Å². The van der Waals surface area contributed by atoms with Gasteiger partial charge in [-0.3, -0.25) is 0 Å². The Balaban J connectivity index is 4.80. The van der Waals surface area contributed by atoms with E-state index >= 15 is 0 Å². The summed E-state index contributed by atoms with van der Waals surface area (Å²) < 4.78 is 21.0. The van der Waals surface area contributed by atoms with Crippen LogP contribution in [-0.2, 0) is 9.05 Å². The molecule has 0 radical (unpaired) electrons. The number of hydrogen-bond acceptors (Lipinski definition) is 6. The Kier molecular flexibility index (Phi) is 10.9. The van der Waals surface area contributed by atoms with Crippen molar-refractivity contribution in [2.45, 2.75) is 72.1 Å². The summed E-state index contributed by atoms with van der Waals surface area (Å²) in [6.45, 7) is 13.5. The van der Waals surface area contributed by atoms with Crippen molar-refractivity contribution in [1.29, 1.82) is 6.69 Å². The number of hydrogen-bond donors (Lipinski definition) is 2. The van der Waals surface area contributed by atoms with Gasteiger partial charge in [0.05, 0.1) is 38.4 Å². The van der Waals surface area contributed by atoms with Crippen LogP contribution < -0.4 is 5.32 Å². The van der Waals surface area contributed by atoms with Gasteiger partial charge in [-0.15, -0.1) is 0 Å². The fraction of sp³-hybridized carbons (Fsp3) is 0.933. The van der Waals surface area contributed by atoms with Gasteiger partial charge < -0.3 is 19.5 Å². The first-order chi connectivity index (χ1) is 10.8. The van der Waals surface area contributed by atoms with Crippen molar-refractivity contribution in [2.75, 3.05) is 19.8 Å². The van der Waals surface area contributed by atoms with Gasteiger partial charge in [-0.25, -0.2) is 4.67 Å². The lowest BCUT2D eigenvalue weighted by atomic mass is 10.3. The highest BCUT2D eigenvalue weighted by Gasteiger charge is 2.28. The maximum Gasteiger partial charge on any atom is 0.259 e. The van der Waals surface area contributed by atoms with E-state index in [0.29, 0.717) is 19.6 Å². The summed E-state index contributed by atoms with van der Waals surface area (Å²) in [7, 11) is -1.26. The second-order valence-electron chi connectivity index (χ2n) is 6.03. The molecular weight excluding hydrogens is 301 g/mol. The first kappa shape index (κ1) is 19.8. The highest BCUT2D eigenvalue weighted by atomic mass is 31.2. The zero-order valence-corrected chi connectivity index (χ0v) is 15.6. The first-order valence-corrected chi connectivity index (χ1v) is 9.01. The second-order valence-corrected chi connectivity index (χ2v) is 7.48. The van der Waals surface area contributed by atoms with Gasteiger partial charge in [-0.1, -0.05) is 13.8 Å². The monoisotopic (exact) mass is 334 g/mol. The highest BCUT2D eigenvalue weighted by Crippen LogP contribution is 2.45. The Labute approximate surface area is 138 Å². The molecule has 0 aliphatic heterocycles. The Morgan fingerprint density at radius 3 is 2.32 bits per heavy atom. The Morgan fingerprint density at radius 1 is 1.23 bits per heavy atom. The van der Waals surface area contributed by atoms with Gasteiger partial charge in [-0.05, 0) is 27.7 Å². The van der Waals surface area contributed by atoms with Crippen LogP contribution in [0, 0.1) is 11.3 Å². The molecule has 0 aliphatic rings. The molecule has 0 heterocycles. The highest BCUT2D eigenvalue weighted by molar-refractivity contribution is 7.44. The number of aliphatic hydroxyl groups is 1. The zero-order chi connectivity index (χ0) is 17.8. The van der Waals surface area contributed by atoms with Gasteiger partial charge in [0.25, 0.3) is 8.53 Å². The summed E-state index contributed by atoms with van der Waals surface area (Å²) in [6.07, 6.45) is 0.343. The lowest BCUT2D eigenvalue weighted by molar-refractivity contribution is 0.139. The molecule has 2 atom stereocenters. The molecule has 0 fully saturated rings. The number of rotatable bonds is 13. The van der Waals surface area contributed by atoms with Crippen LogP contribution in [0.2, 0.25) is 0 Å². The van der Waals surface area contributed by atoms with E-state index in [1.54, 1.807) is 0 Å². The molecule has 0 spiro atoms. The third-order valence-corrected chi connectivity index (χ3v) is 4.89. The SMILES string of the molecule is [2H]OC[C@@H](COP(OCCC#N)N(C(C)C)C(C)C)NC(C)C. The molecule has 22 heavy (non-hydrogen) atoms. The molecule has 0 aromatic carbocycles. The fourth-order valence-electron chi connectivity index (χ4n) is 2.08. The van der Waals surface area contributed by atoms with Crippen LogP contribution in [0.5, 0.6) is 0 Å². The maximum atomic E-state index is 8.70. The van der Waals surface area contributed by atoms with Crippen LogP contribution in [0.25, 0.3) is 0 Å². The minimum Gasteiger partial charge on any atom is -0.395 e. The van der Waals surface area contributed by atoms with Gasteiger partial charge in [0.1, 0.15) is 0 Å². The van der Waals surface area contributed by atoms with Crippen LogP contribution in [0.15, 0.2) is 0 Å². The molecule has 2 N–H and O–H groups in total. The largest absolute Gasteiger partial charge is 0.395 e. The Hall–Kier alpha value is -0.280. The summed E-state index contributed by atoms with van der Waals surface area (Å²) >= 11 is 0. The Morgan fingerprint density at radius 2 is 1.86 bits per heavy atom. The van der Waals surface area contributed by atoms with Crippen molar-refractivity contribution in [2.24, 2.45) is 0 Å². The van der Waals surface area contributed by atoms with Crippen molar-refractivity contribution in [3.63, 3.8) is 0 Å². The lowest BCUT2D eigenvalue weighted by Crippen LogP contribution is -2.41. The second kappa shape index (κ2) is 12.2. The van der Waals surface area contributed by atoms with Crippen molar-refractivity contribution < 1.29 is 14.2 Å². The molecule has 0 aromatic rings. The average molecular weight is 334 g/mol. The van der Waals surface area contributed by atoms with Gasteiger partial charge in [-0.2, -0.15) is 5.26 Å². The maximum absolute atomic E-state index is 8.70. The smallest absolute Gasteiger partial charge is 0.259 e. The first-order valence-electron chi connectivity index (χ1n) is 8.29. The zero-order valence-electron chi connectivity index (χ0n) is 15.7. The van der Waals surface area contributed by atoms with E-state index in [-0.39, 0.29) is 30.8 Å². The number of nitrogens with zero attached hydrogens (tertiary/aromatic N) is 2. The van der Waals surface area contributed by atoms with E-state index in [9.17, 15) is 0 Å². The van der Waals surface area contributed by atoms with Crippen LogP contribution in [0.4, 0.5) is 0 Å². The fourth-order valence-corrected chi connectivity index (χ4v) is 3.73. The van der Waals surface area contributed by atoms with Crippen LogP contribution in [-0.4, -0.2) is 55.2 Å². The predicted molar refractivity (Wildman–Crippen MR) is 90.3 cm³/mol. The van der Waals surface area contributed by atoms with E-state index in [0.717, 1.165) is 0 Å². The predicted octanol–water partition coefficient (Wildman–Crippen LogP) is 2.64. The van der Waals surface area contributed by atoms with Gasteiger partial charge in [0.15, 0.2) is 0 Å². The van der Waals surface area contributed by atoms with Gasteiger partial charge >= 0.3 is 0 Å². The molecule has 6 nitrogen and oxygen atoms in total. The summed E-state index contributed by atoms with van der Waals surface area (Å²) in [6, 6.07) is 2.83.